The quantitative estimate of drug-likeness (QED) is 0.424. The minimum Gasteiger partial charge on any atom is -0.396 e. The highest BCUT2D eigenvalue weighted by atomic mass is 16.2. The van der Waals surface area contributed by atoms with Crippen LogP contribution in [-0.2, 0) is 0 Å². The van der Waals surface area contributed by atoms with Crippen molar-refractivity contribution >= 4 is 0 Å². The molecule has 15 heavy (non-hydrogen) atoms. The minimum atomic E-state index is -0.867. The lowest BCUT2D eigenvalue weighted by atomic mass is 10.1. The van der Waals surface area contributed by atoms with Gasteiger partial charge in [0.05, 0.1) is 1.37 Å². The van der Waals surface area contributed by atoms with Crippen LogP contribution in [-0.4, -0.2) is 11.7 Å². The molecule has 1 heteroatoms. The van der Waals surface area contributed by atoms with Gasteiger partial charge in [0.25, 0.3) is 0 Å². The van der Waals surface area contributed by atoms with Crippen molar-refractivity contribution in [2.45, 2.75) is 58.3 Å². The molecule has 0 heterocycles. The first-order valence-electron chi connectivity index (χ1n) is 6.77. The molecule has 1 N–H and O–H groups in total. The maximum Gasteiger partial charge on any atom is 0.0564 e. The van der Waals surface area contributed by atoms with Crippen molar-refractivity contribution in [2.24, 2.45) is 0 Å². The van der Waals surface area contributed by atoms with Crippen LogP contribution in [0.3, 0.4) is 0 Å². The minimum absolute atomic E-state index is 0.627. The Morgan fingerprint density at radius 3 is 2.20 bits per heavy atom. The van der Waals surface area contributed by atoms with Gasteiger partial charge in [-0.25, -0.2) is 0 Å². The zero-order valence-electron chi connectivity index (χ0n) is 11.0. The van der Waals surface area contributed by atoms with E-state index in [1.807, 2.05) is 0 Å². The lowest BCUT2D eigenvalue weighted by molar-refractivity contribution is 0.282. The van der Waals surface area contributed by atoms with Gasteiger partial charge in [-0.1, -0.05) is 56.9 Å². The summed E-state index contributed by atoms with van der Waals surface area (Å²) in [6.07, 6.45) is 17.4. The maximum atomic E-state index is 8.75. The number of aliphatic hydroxyl groups is 1. The van der Waals surface area contributed by atoms with Crippen molar-refractivity contribution in [1.82, 2.24) is 0 Å². The summed E-state index contributed by atoms with van der Waals surface area (Å²) in [7, 11) is 0. The zero-order chi connectivity index (χ0) is 12.1. The highest BCUT2D eigenvalue weighted by molar-refractivity contribution is 5.01. The van der Waals surface area contributed by atoms with Crippen LogP contribution in [0.4, 0.5) is 0 Å². The second-order valence-electron chi connectivity index (χ2n) is 3.79. The second-order valence-corrected chi connectivity index (χ2v) is 3.79. The Morgan fingerprint density at radius 2 is 1.53 bits per heavy atom. The summed E-state index contributed by atoms with van der Waals surface area (Å²) in [6, 6.07) is 0. The number of unbranched alkanes of at least 4 members (excludes halogenated alkanes) is 5. The van der Waals surface area contributed by atoms with Crippen LogP contribution in [0.5, 0.6) is 0 Å². The normalized spacial score (nSPS) is 14.9. The van der Waals surface area contributed by atoms with Crippen LogP contribution in [0.1, 0.15) is 59.7 Å². The molecule has 0 aliphatic rings. The van der Waals surface area contributed by atoms with Gasteiger partial charge < -0.3 is 5.11 Å². The maximum absolute atomic E-state index is 8.75. The van der Waals surface area contributed by atoms with Gasteiger partial charge in [-0.3, -0.25) is 0 Å². The molecule has 1 unspecified atom stereocenters. The zero-order valence-corrected chi connectivity index (χ0v) is 9.99. The summed E-state index contributed by atoms with van der Waals surface area (Å²) in [5.74, 6) is 0. The predicted molar refractivity (Wildman–Crippen MR) is 68.0 cm³/mol. The van der Waals surface area contributed by atoms with Crippen LogP contribution in [0.2, 0.25) is 0 Å². The van der Waals surface area contributed by atoms with Gasteiger partial charge in [-0.05, 0) is 25.7 Å². The Kier molecular flexibility index (Phi) is 11.2. The van der Waals surface area contributed by atoms with E-state index in [0.29, 0.717) is 6.42 Å². The molecule has 0 aromatic heterocycles. The van der Waals surface area contributed by atoms with E-state index in [1.165, 1.54) is 19.3 Å². The fourth-order valence-electron chi connectivity index (χ4n) is 1.42. The average molecular weight is 212 g/mol. The summed E-state index contributed by atoms with van der Waals surface area (Å²) in [5.41, 5.74) is 0. The number of hydrogen-bond donors (Lipinski definition) is 1. The first-order chi connectivity index (χ1) is 7.77. The number of allylic oxidation sites excluding steroid dienone is 4. The van der Waals surface area contributed by atoms with Gasteiger partial charge in [-0.15, -0.1) is 0 Å². The molecule has 0 aliphatic heterocycles. The van der Waals surface area contributed by atoms with E-state index < -0.39 is 6.58 Å². The molecule has 88 valence electrons. The topological polar surface area (TPSA) is 20.2 Å². The lowest BCUT2D eigenvalue weighted by Crippen LogP contribution is -1.83. The fraction of sp³-hybridized carbons (Fsp3) is 0.714. The first kappa shape index (κ1) is 12.5. The standard InChI is InChI=1S/C14H26O/c1-2-3-4-5-6-7-8-9-10-11-12-13-14-15/h3-6,15H,2,7-14H2,1H3/b4-3+,6-5-/i14T. The third-order valence-electron chi connectivity index (χ3n) is 2.32. The van der Waals surface area contributed by atoms with E-state index in [4.69, 9.17) is 6.48 Å². The van der Waals surface area contributed by atoms with Crippen LogP contribution >= 0.6 is 0 Å². The van der Waals surface area contributed by atoms with Crippen LogP contribution < -0.4 is 0 Å². The van der Waals surface area contributed by atoms with E-state index in [-0.39, 0.29) is 0 Å². The highest BCUT2D eigenvalue weighted by Gasteiger charge is 1.89. The molecule has 0 saturated carbocycles. The summed E-state index contributed by atoms with van der Waals surface area (Å²) >= 11 is 0. The molecular weight excluding hydrogens is 184 g/mol. The van der Waals surface area contributed by atoms with Gasteiger partial charge in [0.2, 0.25) is 0 Å². The Balaban J connectivity index is 3.09. The first-order valence-corrected chi connectivity index (χ1v) is 6.19. The second kappa shape index (κ2) is 13.4. The van der Waals surface area contributed by atoms with Gasteiger partial charge in [0, 0.05) is 6.58 Å². The third kappa shape index (κ3) is 13.4. The number of hydrogen-bond acceptors (Lipinski definition) is 1. The van der Waals surface area contributed by atoms with E-state index in [1.54, 1.807) is 0 Å². The van der Waals surface area contributed by atoms with Crippen molar-refractivity contribution in [2.75, 3.05) is 6.58 Å². The molecule has 1 nitrogen and oxygen atoms in total. The van der Waals surface area contributed by atoms with Crippen molar-refractivity contribution in [3.63, 3.8) is 0 Å². The van der Waals surface area contributed by atoms with E-state index in [9.17, 15) is 0 Å². The third-order valence-corrected chi connectivity index (χ3v) is 2.32. The molecule has 0 aromatic rings. The summed E-state index contributed by atoms with van der Waals surface area (Å²) in [5, 5.41) is 8.75. The van der Waals surface area contributed by atoms with Gasteiger partial charge in [-0.2, -0.15) is 0 Å². The Morgan fingerprint density at radius 1 is 0.933 bits per heavy atom. The van der Waals surface area contributed by atoms with Crippen LogP contribution in [0.15, 0.2) is 24.3 Å². The molecule has 0 radical (unpaired) electrons. The Bertz CT molecular complexity index is 185. The summed E-state index contributed by atoms with van der Waals surface area (Å²) in [4.78, 5) is 0. The van der Waals surface area contributed by atoms with Crippen molar-refractivity contribution in [3.8, 4) is 0 Å². The van der Waals surface area contributed by atoms with Crippen molar-refractivity contribution in [3.05, 3.63) is 24.3 Å². The molecular formula is C14H26O. The van der Waals surface area contributed by atoms with Crippen molar-refractivity contribution in [1.29, 1.82) is 0 Å². The number of rotatable bonds is 10. The number of aliphatic hydroxyl groups excluding tert-OH is 1. The van der Waals surface area contributed by atoms with Crippen LogP contribution in [0.25, 0.3) is 0 Å². The average Bonchev–Trinajstić information content (AvgIpc) is 2.25. The molecule has 0 bridgehead atoms. The lowest BCUT2D eigenvalue weighted by Gasteiger charge is -1.98. The van der Waals surface area contributed by atoms with Crippen LogP contribution in [0, 0.1) is 0 Å². The van der Waals surface area contributed by atoms with Gasteiger partial charge >= 0.3 is 0 Å². The van der Waals surface area contributed by atoms with Gasteiger partial charge in [0.15, 0.2) is 0 Å². The highest BCUT2D eigenvalue weighted by Crippen LogP contribution is 2.07. The van der Waals surface area contributed by atoms with E-state index >= 15 is 0 Å². The summed E-state index contributed by atoms with van der Waals surface area (Å²) in [6.45, 7) is 1.27. The molecule has 0 aliphatic carbocycles. The van der Waals surface area contributed by atoms with E-state index in [0.717, 1.165) is 25.7 Å². The molecule has 0 rings (SSSR count). The molecule has 0 aromatic carbocycles. The van der Waals surface area contributed by atoms with Crippen molar-refractivity contribution < 1.29 is 6.48 Å². The molecule has 0 spiro atoms. The Labute approximate surface area is 96.3 Å². The molecule has 0 saturated heterocycles. The SMILES string of the molecule is [3H]C(O)CCCCCCC/C=C\C=C\CC. The Hall–Kier alpha value is -0.560. The molecule has 0 amide bonds. The summed E-state index contributed by atoms with van der Waals surface area (Å²) < 4.78 is 6.94. The molecule has 1 atom stereocenters. The molecule has 0 fully saturated rings. The largest absolute Gasteiger partial charge is 0.396 e. The van der Waals surface area contributed by atoms with E-state index in [2.05, 4.69) is 31.2 Å². The monoisotopic (exact) mass is 212 g/mol. The van der Waals surface area contributed by atoms with Gasteiger partial charge in [0.1, 0.15) is 0 Å². The predicted octanol–water partition coefficient (Wildman–Crippen LogP) is 4.23. The smallest absolute Gasteiger partial charge is 0.0564 e. The fourth-order valence-corrected chi connectivity index (χ4v) is 1.42.